The first-order valence-electron chi connectivity index (χ1n) is 6.83. The molecule has 0 aliphatic heterocycles. The lowest BCUT2D eigenvalue weighted by Crippen LogP contribution is -2.15. The summed E-state index contributed by atoms with van der Waals surface area (Å²) >= 11 is 0. The van der Waals surface area contributed by atoms with Crippen LogP contribution in [0.15, 0.2) is 47.4 Å². The molecule has 3 rings (SSSR count). The summed E-state index contributed by atoms with van der Waals surface area (Å²) in [5.41, 5.74) is 0.883. The highest BCUT2D eigenvalue weighted by Gasteiger charge is 2.14. The molecule has 0 radical (unpaired) electrons. The van der Waals surface area contributed by atoms with Gasteiger partial charge in [0.2, 0.25) is 0 Å². The molecule has 0 amide bonds. The van der Waals surface area contributed by atoms with Crippen molar-refractivity contribution in [1.82, 2.24) is 20.2 Å². The smallest absolute Gasteiger partial charge is 0.278 e. The van der Waals surface area contributed by atoms with Crippen molar-refractivity contribution in [2.75, 3.05) is 14.2 Å². The van der Waals surface area contributed by atoms with Crippen molar-refractivity contribution < 1.29 is 9.47 Å². The lowest BCUT2D eigenvalue weighted by molar-refractivity contribution is 0.395. The van der Waals surface area contributed by atoms with E-state index in [1.807, 2.05) is 6.07 Å². The minimum atomic E-state index is -0.371. The Labute approximate surface area is 132 Å². The van der Waals surface area contributed by atoms with E-state index < -0.39 is 0 Å². The second-order valence-electron chi connectivity index (χ2n) is 4.63. The van der Waals surface area contributed by atoms with Crippen LogP contribution in [0.5, 0.6) is 11.5 Å². The van der Waals surface area contributed by atoms with Gasteiger partial charge in [0.1, 0.15) is 17.2 Å². The van der Waals surface area contributed by atoms with Crippen LogP contribution in [0.2, 0.25) is 0 Å². The van der Waals surface area contributed by atoms with Crippen LogP contribution in [0, 0.1) is 0 Å². The van der Waals surface area contributed by atoms with Gasteiger partial charge in [-0.05, 0) is 24.3 Å². The molecule has 1 aromatic carbocycles. The maximum Gasteiger partial charge on any atom is 0.278 e. The molecule has 2 heterocycles. The topological polar surface area (TPSA) is 90.0 Å². The van der Waals surface area contributed by atoms with Crippen LogP contribution in [-0.4, -0.2) is 34.4 Å². The van der Waals surface area contributed by atoms with E-state index >= 15 is 0 Å². The van der Waals surface area contributed by atoms with Gasteiger partial charge in [-0.1, -0.05) is 6.07 Å². The van der Waals surface area contributed by atoms with Crippen molar-refractivity contribution in [3.8, 4) is 34.3 Å². The first-order chi connectivity index (χ1) is 11.2. The Morgan fingerprint density at radius 3 is 2.57 bits per heavy atom. The van der Waals surface area contributed by atoms with Crippen LogP contribution in [0.4, 0.5) is 0 Å². The number of aromatic amines is 1. The van der Waals surface area contributed by atoms with Gasteiger partial charge in [0.15, 0.2) is 11.5 Å². The molecule has 0 atom stereocenters. The molecule has 1 N–H and O–H groups in total. The Bertz CT molecular complexity index is 878. The minimum Gasteiger partial charge on any atom is -0.497 e. The molecular formula is C16H14N4O3. The van der Waals surface area contributed by atoms with Crippen molar-refractivity contribution >= 4 is 0 Å². The highest BCUT2D eigenvalue weighted by molar-refractivity contribution is 5.68. The highest BCUT2D eigenvalue weighted by Crippen LogP contribution is 2.30. The van der Waals surface area contributed by atoms with Gasteiger partial charge in [-0.15, -0.1) is 10.2 Å². The van der Waals surface area contributed by atoms with Gasteiger partial charge in [0.05, 0.1) is 19.8 Å². The summed E-state index contributed by atoms with van der Waals surface area (Å²) in [6.45, 7) is 0. The normalized spacial score (nSPS) is 10.3. The van der Waals surface area contributed by atoms with Gasteiger partial charge in [-0.3, -0.25) is 9.78 Å². The van der Waals surface area contributed by atoms with Gasteiger partial charge in [-0.25, -0.2) is 0 Å². The molecule has 0 unspecified atom stereocenters. The predicted octanol–water partition coefficient (Wildman–Crippen LogP) is 1.91. The quantitative estimate of drug-likeness (QED) is 0.791. The zero-order valence-corrected chi connectivity index (χ0v) is 12.6. The molecule has 0 saturated heterocycles. The SMILES string of the molecule is COc1ccc(-c2nnc(-c3ccccn3)[nH]c2=O)c(OC)c1. The van der Waals surface area contributed by atoms with Crippen LogP contribution >= 0.6 is 0 Å². The van der Waals surface area contributed by atoms with Crippen molar-refractivity contribution in [3.05, 3.63) is 52.9 Å². The fraction of sp³-hybridized carbons (Fsp3) is 0.125. The molecule has 2 aromatic heterocycles. The van der Waals surface area contributed by atoms with Crippen molar-refractivity contribution in [2.24, 2.45) is 0 Å². The van der Waals surface area contributed by atoms with Gasteiger partial charge in [0, 0.05) is 12.3 Å². The van der Waals surface area contributed by atoms with E-state index in [0.717, 1.165) is 0 Å². The van der Waals surface area contributed by atoms with Crippen LogP contribution in [0.25, 0.3) is 22.8 Å². The molecule has 7 nitrogen and oxygen atoms in total. The molecule has 116 valence electrons. The summed E-state index contributed by atoms with van der Waals surface area (Å²) < 4.78 is 10.4. The van der Waals surface area contributed by atoms with E-state index in [0.29, 0.717) is 28.6 Å². The minimum absolute atomic E-state index is 0.171. The number of pyridine rings is 1. The Balaban J connectivity index is 2.07. The van der Waals surface area contributed by atoms with E-state index in [4.69, 9.17) is 9.47 Å². The summed E-state index contributed by atoms with van der Waals surface area (Å²) in [5, 5.41) is 8.08. The monoisotopic (exact) mass is 310 g/mol. The fourth-order valence-corrected chi connectivity index (χ4v) is 2.13. The molecule has 0 fully saturated rings. The maximum atomic E-state index is 12.4. The molecule has 3 aromatic rings. The molecule has 0 saturated carbocycles. The first kappa shape index (κ1) is 14.7. The van der Waals surface area contributed by atoms with E-state index in [1.165, 1.54) is 7.11 Å². The van der Waals surface area contributed by atoms with Gasteiger partial charge >= 0.3 is 0 Å². The highest BCUT2D eigenvalue weighted by atomic mass is 16.5. The summed E-state index contributed by atoms with van der Waals surface area (Å²) in [7, 11) is 3.07. The number of rotatable bonds is 4. The molecule has 0 bridgehead atoms. The number of hydrogen-bond acceptors (Lipinski definition) is 6. The van der Waals surface area contributed by atoms with Crippen molar-refractivity contribution in [1.29, 1.82) is 0 Å². The van der Waals surface area contributed by atoms with Gasteiger partial charge in [-0.2, -0.15) is 0 Å². The Kier molecular flexibility index (Phi) is 4.01. The van der Waals surface area contributed by atoms with Gasteiger partial charge in [0.25, 0.3) is 5.56 Å². The van der Waals surface area contributed by atoms with Crippen LogP contribution < -0.4 is 15.0 Å². The number of benzene rings is 1. The number of methoxy groups -OCH3 is 2. The Hall–Kier alpha value is -3.22. The molecule has 23 heavy (non-hydrogen) atoms. The molecule has 0 spiro atoms. The van der Waals surface area contributed by atoms with E-state index in [9.17, 15) is 4.79 Å². The van der Waals surface area contributed by atoms with Gasteiger partial charge < -0.3 is 14.5 Å². The van der Waals surface area contributed by atoms with E-state index in [2.05, 4.69) is 20.2 Å². The average molecular weight is 310 g/mol. The molecule has 7 heteroatoms. The van der Waals surface area contributed by atoms with E-state index in [-0.39, 0.29) is 11.3 Å². The van der Waals surface area contributed by atoms with E-state index in [1.54, 1.807) is 43.6 Å². The molecule has 0 aliphatic rings. The lowest BCUT2D eigenvalue weighted by atomic mass is 10.1. The van der Waals surface area contributed by atoms with Crippen LogP contribution in [0.1, 0.15) is 0 Å². The van der Waals surface area contributed by atoms with Crippen LogP contribution in [0.3, 0.4) is 0 Å². The number of nitrogens with one attached hydrogen (secondary N) is 1. The van der Waals surface area contributed by atoms with Crippen molar-refractivity contribution in [3.63, 3.8) is 0 Å². The molecular weight excluding hydrogens is 296 g/mol. The number of ether oxygens (including phenoxy) is 2. The largest absolute Gasteiger partial charge is 0.497 e. The fourth-order valence-electron chi connectivity index (χ4n) is 2.13. The average Bonchev–Trinajstić information content (AvgIpc) is 2.62. The molecule has 0 aliphatic carbocycles. The number of H-pyrrole nitrogens is 1. The summed E-state index contributed by atoms with van der Waals surface area (Å²) in [6, 6.07) is 10.5. The third-order valence-corrected chi connectivity index (χ3v) is 3.27. The summed E-state index contributed by atoms with van der Waals surface area (Å²) in [5.74, 6) is 1.42. The zero-order chi connectivity index (χ0) is 16.2. The van der Waals surface area contributed by atoms with Crippen molar-refractivity contribution in [2.45, 2.75) is 0 Å². The second-order valence-corrected chi connectivity index (χ2v) is 4.63. The lowest BCUT2D eigenvalue weighted by Gasteiger charge is -2.09. The number of hydrogen-bond donors (Lipinski definition) is 1. The Morgan fingerprint density at radius 2 is 1.91 bits per heavy atom. The zero-order valence-electron chi connectivity index (χ0n) is 12.6. The maximum absolute atomic E-state index is 12.4. The summed E-state index contributed by atoms with van der Waals surface area (Å²) in [4.78, 5) is 19.2. The Morgan fingerprint density at radius 1 is 1.04 bits per heavy atom. The third kappa shape index (κ3) is 2.89. The summed E-state index contributed by atoms with van der Waals surface area (Å²) in [6.07, 6.45) is 1.62. The van der Waals surface area contributed by atoms with Crippen LogP contribution in [-0.2, 0) is 0 Å². The number of nitrogens with zero attached hydrogens (tertiary/aromatic N) is 3. The second kappa shape index (κ2) is 6.27. The third-order valence-electron chi connectivity index (χ3n) is 3.27. The standard InChI is InChI=1S/C16H14N4O3/c1-22-10-6-7-11(13(9-10)23-2)14-16(21)18-15(20-19-14)12-5-3-4-8-17-12/h3-9H,1-2H3,(H,18,20,21). The predicted molar refractivity (Wildman–Crippen MR) is 84.4 cm³/mol. The number of aromatic nitrogens is 4. The first-order valence-corrected chi connectivity index (χ1v) is 6.83.